The van der Waals surface area contributed by atoms with E-state index in [2.05, 4.69) is 10.3 Å². The zero-order valence-electron chi connectivity index (χ0n) is 14.2. The standard InChI is InChI=1S/C18H16ClN3O3S/c1-11-12(2)26-18(20-11)21-16(23)15-4-3-9-22(17(15)24)25-10-13-5-7-14(19)8-6-13/h3-9H,10H2,1-2H3,(H,20,21,23). The van der Waals surface area contributed by atoms with Crippen LogP contribution >= 0.6 is 22.9 Å². The van der Waals surface area contributed by atoms with Crippen molar-refractivity contribution in [2.24, 2.45) is 0 Å². The van der Waals surface area contributed by atoms with Crippen molar-refractivity contribution in [3.8, 4) is 0 Å². The summed E-state index contributed by atoms with van der Waals surface area (Å²) in [5.41, 5.74) is 1.14. The molecular weight excluding hydrogens is 374 g/mol. The van der Waals surface area contributed by atoms with E-state index < -0.39 is 11.5 Å². The summed E-state index contributed by atoms with van der Waals surface area (Å²) in [6.45, 7) is 3.96. The maximum atomic E-state index is 12.5. The summed E-state index contributed by atoms with van der Waals surface area (Å²) < 4.78 is 1.04. The van der Waals surface area contributed by atoms with Gasteiger partial charge in [-0.3, -0.25) is 14.9 Å². The van der Waals surface area contributed by atoms with Gasteiger partial charge in [-0.1, -0.05) is 23.7 Å². The average Bonchev–Trinajstić information content (AvgIpc) is 2.92. The first-order valence-electron chi connectivity index (χ1n) is 7.79. The summed E-state index contributed by atoms with van der Waals surface area (Å²) in [5.74, 6) is -0.520. The molecule has 8 heteroatoms. The van der Waals surface area contributed by atoms with Crippen molar-refractivity contribution in [2.75, 3.05) is 5.32 Å². The average molecular weight is 390 g/mol. The molecule has 3 aromatic rings. The Balaban J connectivity index is 1.74. The first-order chi connectivity index (χ1) is 12.4. The van der Waals surface area contributed by atoms with Crippen molar-refractivity contribution in [1.29, 1.82) is 0 Å². The van der Waals surface area contributed by atoms with Gasteiger partial charge >= 0.3 is 0 Å². The maximum Gasteiger partial charge on any atom is 0.295 e. The molecule has 3 rings (SSSR count). The number of nitrogens with one attached hydrogen (secondary N) is 1. The SMILES string of the molecule is Cc1nc(NC(=O)c2cccn(OCc3ccc(Cl)cc3)c2=O)sc1C. The van der Waals surface area contributed by atoms with Crippen molar-refractivity contribution in [3.05, 3.63) is 79.7 Å². The Morgan fingerprint density at radius 2 is 2.00 bits per heavy atom. The molecule has 1 aromatic carbocycles. The molecule has 0 aliphatic rings. The van der Waals surface area contributed by atoms with E-state index in [1.807, 2.05) is 13.8 Å². The number of thiazole rings is 1. The molecule has 0 bridgehead atoms. The van der Waals surface area contributed by atoms with Crippen molar-refractivity contribution >= 4 is 34.0 Å². The van der Waals surface area contributed by atoms with Crippen molar-refractivity contribution in [1.82, 2.24) is 9.71 Å². The number of anilines is 1. The number of aromatic nitrogens is 2. The first kappa shape index (κ1) is 18.2. The second-order valence-corrected chi connectivity index (χ2v) is 7.21. The molecule has 0 saturated heterocycles. The van der Waals surface area contributed by atoms with Gasteiger partial charge in [0.05, 0.1) is 5.69 Å². The molecular formula is C18H16ClN3O3S. The second-order valence-electron chi connectivity index (χ2n) is 5.57. The zero-order chi connectivity index (χ0) is 18.7. The molecule has 26 heavy (non-hydrogen) atoms. The van der Waals surface area contributed by atoms with Gasteiger partial charge in [-0.05, 0) is 43.7 Å². The Morgan fingerprint density at radius 1 is 1.27 bits per heavy atom. The zero-order valence-corrected chi connectivity index (χ0v) is 15.7. The summed E-state index contributed by atoms with van der Waals surface area (Å²) in [7, 11) is 0. The van der Waals surface area contributed by atoms with Crippen LogP contribution in [0.25, 0.3) is 0 Å². The van der Waals surface area contributed by atoms with Gasteiger partial charge in [-0.15, -0.1) is 11.3 Å². The number of pyridine rings is 1. The highest BCUT2D eigenvalue weighted by Gasteiger charge is 2.15. The molecule has 1 N–H and O–H groups in total. The van der Waals surface area contributed by atoms with Crippen molar-refractivity contribution < 1.29 is 9.63 Å². The predicted octanol–water partition coefficient (Wildman–Crippen LogP) is 3.46. The molecule has 0 spiro atoms. The minimum Gasteiger partial charge on any atom is -0.406 e. The van der Waals surface area contributed by atoms with Gasteiger partial charge < -0.3 is 4.84 Å². The number of hydrogen-bond donors (Lipinski definition) is 1. The minimum absolute atomic E-state index is 0.0193. The van der Waals surface area contributed by atoms with E-state index >= 15 is 0 Å². The lowest BCUT2D eigenvalue weighted by atomic mass is 10.2. The smallest absolute Gasteiger partial charge is 0.295 e. The van der Waals surface area contributed by atoms with Crippen LogP contribution in [0.3, 0.4) is 0 Å². The molecule has 0 atom stereocenters. The molecule has 134 valence electrons. The van der Waals surface area contributed by atoms with Crippen LogP contribution in [0.2, 0.25) is 5.02 Å². The number of nitrogens with zero attached hydrogens (tertiary/aromatic N) is 2. The molecule has 0 aliphatic heterocycles. The van der Waals surface area contributed by atoms with Crippen molar-refractivity contribution in [2.45, 2.75) is 20.5 Å². The van der Waals surface area contributed by atoms with E-state index in [1.165, 1.54) is 23.6 Å². The van der Waals surface area contributed by atoms with Gasteiger partial charge in [-0.25, -0.2) is 4.98 Å². The summed E-state index contributed by atoms with van der Waals surface area (Å²) in [6.07, 6.45) is 1.47. The molecule has 0 fully saturated rings. The lowest BCUT2D eigenvalue weighted by Gasteiger charge is -2.09. The molecule has 2 heterocycles. The Bertz CT molecular complexity index is 976. The minimum atomic E-state index is -0.538. The highest BCUT2D eigenvalue weighted by Crippen LogP contribution is 2.21. The number of carbonyl (C=O) groups excluding carboxylic acids is 1. The third-order valence-corrected chi connectivity index (χ3v) is 4.93. The van der Waals surface area contributed by atoms with Crippen LogP contribution in [-0.4, -0.2) is 15.6 Å². The number of carbonyl (C=O) groups is 1. The summed E-state index contributed by atoms with van der Waals surface area (Å²) >= 11 is 7.20. The number of halogens is 1. The predicted molar refractivity (Wildman–Crippen MR) is 102 cm³/mol. The molecule has 0 aliphatic carbocycles. The fourth-order valence-electron chi connectivity index (χ4n) is 2.16. The largest absolute Gasteiger partial charge is 0.406 e. The number of amides is 1. The highest BCUT2D eigenvalue weighted by molar-refractivity contribution is 7.15. The van der Waals surface area contributed by atoms with Crippen LogP contribution < -0.4 is 15.7 Å². The van der Waals surface area contributed by atoms with E-state index in [0.29, 0.717) is 10.2 Å². The number of aryl methyl sites for hydroxylation is 2. The Kier molecular flexibility index (Phi) is 5.39. The lowest BCUT2D eigenvalue weighted by molar-refractivity contribution is 0.0863. The Labute approximate surface area is 159 Å². The Morgan fingerprint density at radius 3 is 2.65 bits per heavy atom. The maximum absolute atomic E-state index is 12.5. The van der Waals surface area contributed by atoms with Crippen LogP contribution in [0, 0.1) is 13.8 Å². The van der Waals surface area contributed by atoms with Gasteiger partial charge in [0.25, 0.3) is 11.5 Å². The normalized spacial score (nSPS) is 10.6. The first-order valence-corrected chi connectivity index (χ1v) is 8.98. The number of hydrogen-bond acceptors (Lipinski definition) is 5. The highest BCUT2D eigenvalue weighted by atomic mass is 35.5. The fourth-order valence-corrected chi connectivity index (χ4v) is 3.10. The fraction of sp³-hybridized carbons (Fsp3) is 0.167. The molecule has 0 radical (unpaired) electrons. The molecule has 2 aromatic heterocycles. The lowest BCUT2D eigenvalue weighted by Crippen LogP contribution is -2.32. The summed E-state index contributed by atoms with van der Waals surface area (Å²) in [6, 6.07) is 10.1. The Hall–Kier alpha value is -2.64. The van der Waals surface area contributed by atoms with Gasteiger partial charge in [0, 0.05) is 16.1 Å². The van der Waals surface area contributed by atoms with Crippen LogP contribution in [0.5, 0.6) is 0 Å². The van der Waals surface area contributed by atoms with Gasteiger partial charge in [0.15, 0.2) is 5.13 Å². The van der Waals surface area contributed by atoms with Crippen molar-refractivity contribution in [3.63, 3.8) is 0 Å². The monoisotopic (exact) mass is 389 g/mol. The summed E-state index contributed by atoms with van der Waals surface area (Å²) in [4.78, 5) is 35.6. The quantitative estimate of drug-likeness (QED) is 0.725. The second kappa shape index (κ2) is 7.72. The molecule has 0 unspecified atom stereocenters. The van der Waals surface area contributed by atoms with Crippen LogP contribution in [-0.2, 0) is 6.61 Å². The van der Waals surface area contributed by atoms with E-state index in [-0.39, 0.29) is 12.2 Å². The van der Waals surface area contributed by atoms with Gasteiger partial charge in [-0.2, -0.15) is 4.73 Å². The number of benzene rings is 1. The van der Waals surface area contributed by atoms with Crippen LogP contribution in [0.4, 0.5) is 5.13 Å². The van der Waals surface area contributed by atoms with Crippen LogP contribution in [0.15, 0.2) is 47.4 Å². The van der Waals surface area contributed by atoms with Gasteiger partial charge in [0.2, 0.25) is 0 Å². The molecule has 6 nitrogen and oxygen atoms in total. The van der Waals surface area contributed by atoms with E-state index in [4.69, 9.17) is 16.4 Å². The third-order valence-electron chi connectivity index (χ3n) is 3.69. The topological polar surface area (TPSA) is 73.2 Å². The van der Waals surface area contributed by atoms with E-state index in [0.717, 1.165) is 20.9 Å². The van der Waals surface area contributed by atoms with E-state index in [9.17, 15) is 9.59 Å². The van der Waals surface area contributed by atoms with E-state index in [1.54, 1.807) is 30.3 Å². The number of rotatable bonds is 5. The molecule has 0 saturated carbocycles. The third kappa shape index (κ3) is 4.12. The van der Waals surface area contributed by atoms with Gasteiger partial charge in [0.1, 0.15) is 12.2 Å². The summed E-state index contributed by atoms with van der Waals surface area (Å²) in [5, 5.41) is 3.74. The molecule has 1 amide bonds. The van der Waals surface area contributed by atoms with Crippen LogP contribution in [0.1, 0.15) is 26.5 Å².